The van der Waals surface area contributed by atoms with Gasteiger partial charge in [-0.05, 0) is 37.6 Å². The van der Waals surface area contributed by atoms with Crippen LogP contribution in [0.1, 0.15) is 30.0 Å². The van der Waals surface area contributed by atoms with Gasteiger partial charge in [0.2, 0.25) is 0 Å². The lowest BCUT2D eigenvalue weighted by Gasteiger charge is -2.16. The minimum absolute atomic E-state index is 0.183. The summed E-state index contributed by atoms with van der Waals surface area (Å²) in [5, 5.41) is 5.57. The van der Waals surface area contributed by atoms with Gasteiger partial charge < -0.3 is 15.2 Å². The van der Waals surface area contributed by atoms with Gasteiger partial charge in [-0.25, -0.2) is 19.7 Å². The maximum absolute atomic E-state index is 12.0. The number of rotatable bonds is 5. The third-order valence-electron chi connectivity index (χ3n) is 4.00. The van der Waals surface area contributed by atoms with Gasteiger partial charge >= 0.3 is 6.03 Å². The van der Waals surface area contributed by atoms with Gasteiger partial charge in [0.25, 0.3) is 0 Å². The van der Waals surface area contributed by atoms with Crippen molar-refractivity contribution in [2.45, 2.75) is 26.4 Å². The van der Waals surface area contributed by atoms with Gasteiger partial charge in [0.1, 0.15) is 12.2 Å². The lowest BCUT2D eigenvalue weighted by Crippen LogP contribution is -2.28. The molecule has 1 aromatic carbocycles. The Morgan fingerprint density at radius 2 is 1.96 bits per heavy atom. The summed E-state index contributed by atoms with van der Waals surface area (Å²) < 4.78 is 2.11. The van der Waals surface area contributed by atoms with E-state index in [-0.39, 0.29) is 12.1 Å². The Kier molecular flexibility index (Phi) is 5.03. The summed E-state index contributed by atoms with van der Waals surface area (Å²) in [4.78, 5) is 24.1. The van der Waals surface area contributed by atoms with Gasteiger partial charge in [0.15, 0.2) is 0 Å². The minimum atomic E-state index is -0.273. The van der Waals surface area contributed by atoms with Crippen LogP contribution in [0.15, 0.2) is 55.2 Å². The average Bonchev–Trinajstić information content (AvgIpc) is 3.07. The highest BCUT2D eigenvalue weighted by molar-refractivity contribution is 5.89. The van der Waals surface area contributed by atoms with Crippen LogP contribution in [0.5, 0.6) is 0 Å². The number of amides is 2. The fraction of sp³-hybridized carbons (Fsp3) is 0.222. The van der Waals surface area contributed by atoms with E-state index in [9.17, 15) is 4.79 Å². The first-order chi connectivity index (χ1) is 12.1. The quantitative estimate of drug-likeness (QED) is 0.750. The SMILES string of the molecule is Cc1nccn1[C@H](C)c1ccc(NC(=O)NCc2ccncn2)cc1. The molecule has 128 valence electrons. The second-order valence-corrected chi connectivity index (χ2v) is 5.69. The Bertz CT molecular complexity index is 828. The van der Waals surface area contributed by atoms with Crippen LogP contribution in [0.4, 0.5) is 10.5 Å². The van der Waals surface area contributed by atoms with E-state index in [4.69, 9.17) is 0 Å². The third kappa shape index (κ3) is 4.20. The van der Waals surface area contributed by atoms with Crippen molar-refractivity contribution in [3.8, 4) is 0 Å². The zero-order valence-electron chi connectivity index (χ0n) is 14.2. The molecule has 0 saturated heterocycles. The first-order valence-corrected chi connectivity index (χ1v) is 8.02. The summed E-state index contributed by atoms with van der Waals surface area (Å²) in [6.45, 7) is 4.45. The van der Waals surface area contributed by atoms with Crippen molar-refractivity contribution in [1.82, 2.24) is 24.8 Å². The lowest BCUT2D eigenvalue weighted by molar-refractivity contribution is 0.251. The molecule has 0 aliphatic heterocycles. The van der Waals surface area contributed by atoms with Crippen molar-refractivity contribution in [1.29, 1.82) is 0 Å². The summed E-state index contributed by atoms with van der Waals surface area (Å²) in [6, 6.07) is 9.46. The van der Waals surface area contributed by atoms with Crippen LogP contribution in [-0.4, -0.2) is 25.6 Å². The molecule has 0 aliphatic carbocycles. The third-order valence-corrected chi connectivity index (χ3v) is 4.00. The zero-order chi connectivity index (χ0) is 17.6. The summed E-state index contributed by atoms with van der Waals surface area (Å²) in [5.41, 5.74) is 2.64. The molecular formula is C18H20N6O. The first-order valence-electron chi connectivity index (χ1n) is 8.02. The Morgan fingerprint density at radius 1 is 1.16 bits per heavy atom. The van der Waals surface area contributed by atoms with E-state index in [2.05, 4.69) is 37.1 Å². The summed E-state index contributed by atoms with van der Waals surface area (Å²) in [7, 11) is 0. The van der Waals surface area contributed by atoms with Gasteiger partial charge in [-0.1, -0.05) is 12.1 Å². The summed E-state index contributed by atoms with van der Waals surface area (Å²) >= 11 is 0. The second kappa shape index (κ2) is 7.57. The van der Waals surface area contributed by atoms with Crippen LogP contribution in [0.25, 0.3) is 0 Å². The number of imidazole rings is 1. The molecule has 1 atom stereocenters. The smallest absolute Gasteiger partial charge is 0.319 e. The standard InChI is InChI=1S/C18H20N6O/c1-13(24-10-9-20-14(24)2)15-3-5-16(6-4-15)23-18(25)21-11-17-7-8-19-12-22-17/h3-10,12-13H,11H2,1-2H3,(H2,21,23,25)/t13-/m1/s1. The number of hydrogen-bond donors (Lipinski definition) is 2. The number of aromatic nitrogens is 4. The van der Waals surface area contributed by atoms with Crippen LogP contribution in [-0.2, 0) is 6.54 Å². The Hall–Kier alpha value is -3.22. The molecule has 2 heterocycles. The van der Waals surface area contributed by atoms with Gasteiger partial charge in [0.05, 0.1) is 18.3 Å². The van der Waals surface area contributed by atoms with Gasteiger partial charge in [-0.3, -0.25) is 0 Å². The van der Waals surface area contributed by atoms with E-state index in [1.165, 1.54) is 6.33 Å². The summed E-state index contributed by atoms with van der Waals surface area (Å²) in [5.74, 6) is 0.971. The fourth-order valence-electron chi connectivity index (χ4n) is 2.57. The Morgan fingerprint density at radius 3 is 2.60 bits per heavy atom. The van der Waals surface area contributed by atoms with Crippen LogP contribution in [0.2, 0.25) is 0 Å². The van der Waals surface area contributed by atoms with E-state index < -0.39 is 0 Å². The number of anilines is 1. The number of hydrogen-bond acceptors (Lipinski definition) is 4. The predicted molar refractivity (Wildman–Crippen MR) is 95.1 cm³/mol. The normalized spacial score (nSPS) is 11.8. The van der Waals surface area contributed by atoms with Crippen LogP contribution >= 0.6 is 0 Å². The number of nitrogens with zero attached hydrogens (tertiary/aromatic N) is 4. The highest BCUT2D eigenvalue weighted by atomic mass is 16.2. The molecule has 0 radical (unpaired) electrons. The molecule has 0 spiro atoms. The zero-order valence-corrected chi connectivity index (χ0v) is 14.2. The van der Waals surface area contributed by atoms with Crippen molar-refractivity contribution >= 4 is 11.7 Å². The molecule has 7 nitrogen and oxygen atoms in total. The monoisotopic (exact) mass is 336 g/mol. The van der Waals surface area contributed by atoms with Crippen molar-refractivity contribution in [2.24, 2.45) is 0 Å². The van der Waals surface area contributed by atoms with Crippen LogP contribution in [0.3, 0.4) is 0 Å². The van der Waals surface area contributed by atoms with E-state index in [0.29, 0.717) is 6.54 Å². The molecular weight excluding hydrogens is 316 g/mol. The highest BCUT2D eigenvalue weighted by Crippen LogP contribution is 2.21. The van der Waals surface area contributed by atoms with E-state index in [1.807, 2.05) is 37.4 Å². The number of benzene rings is 1. The van der Waals surface area contributed by atoms with E-state index in [0.717, 1.165) is 22.8 Å². The minimum Gasteiger partial charge on any atom is -0.332 e. The fourth-order valence-corrected chi connectivity index (χ4v) is 2.57. The Labute approximate surface area is 146 Å². The highest BCUT2D eigenvalue weighted by Gasteiger charge is 2.10. The maximum Gasteiger partial charge on any atom is 0.319 e. The van der Waals surface area contributed by atoms with Crippen molar-refractivity contribution in [2.75, 3.05) is 5.32 Å². The number of carbonyl (C=O) groups excluding carboxylic acids is 1. The average molecular weight is 336 g/mol. The largest absolute Gasteiger partial charge is 0.332 e. The molecule has 0 fully saturated rings. The molecule has 3 rings (SSSR count). The molecule has 25 heavy (non-hydrogen) atoms. The van der Waals surface area contributed by atoms with Crippen molar-refractivity contribution in [3.63, 3.8) is 0 Å². The number of urea groups is 1. The van der Waals surface area contributed by atoms with E-state index >= 15 is 0 Å². The van der Waals surface area contributed by atoms with E-state index in [1.54, 1.807) is 18.5 Å². The topological polar surface area (TPSA) is 84.7 Å². The molecule has 0 aliphatic rings. The molecule has 2 amide bonds. The molecule has 7 heteroatoms. The Balaban J connectivity index is 1.57. The van der Waals surface area contributed by atoms with Crippen molar-refractivity contribution in [3.05, 3.63) is 72.3 Å². The first kappa shape index (κ1) is 16.6. The second-order valence-electron chi connectivity index (χ2n) is 5.69. The van der Waals surface area contributed by atoms with Gasteiger partial charge in [-0.15, -0.1) is 0 Å². The molecule has 2 aromatic heterocycles. The molecule has 2 N–H and O–H groups in total. The molecule has 0 saturated carbocycles. The van der Waals surface area contributed by atoms with Gasteiger partial charge in [-0.2, -0.15) is 0 Å². The predicted octanol–water partition coefficient (Wildman–Crippen LogP) is 2.91. The molecule has 0 bridgehead atoms. The molecule has 3 aromatic rings. The van der Waals surface area contributed by atoms with Gasteiger partial charge in [0, 0.05) is 24.3 Å². The van der Waals surface area contributed by atoms with Crippen LogP contribution < -0.4 is 10.6 Å². The number of carbonyl (C=O) groups is 1. The lowest BCUT2D eigenvalue weighted by atomic mass is 10.1. The number of aryl methyl sites for hydroxylation is 1. The van der Waals surface area contributed by atoms with Crippen LogP contribution in [0, 0.1) is 6.92 Å². The summed E-state index contributed by atoms with van der Waals surface area (Å²) in [6.07, 6.45) is 6.86. The maximum atomic E-state index is 12.0. The number of nitrogens with one attached hydrogen (secondary N) is 2. The van der Waals surface area contributed by atoms with Crippen molar-refractivity contribution < 1.29 is 4.79 Å². The molecule has 0 unspecified atom stereocenters.